The maximum absolute atomic E-state index is 12.2. The Morgan fingerprint density at radius 2 is 2.10 bits per heavy atom. The number of amides is 1. The highest BCUT2D eigenvalue weighted by molar-refractivity contribution is 9.10. The molecule has 1 aliphatic heterocycles. The Kier molecular flexibility index (Phi) is 4.33. The van der Waals surface area contributed by atoms with Crippen molar-refractivity contribution in [2.24, 2.45) is 0 Å². The number of rotatable bonds is 4. The van der Waals surface area contributed by atoms with Crippen LogP contribution in [-0.2, 0) is 10.2 Å². The SMILES string of the molecule is O=C(NCC1(c2ccc(Br)cc2)CCC1)C1CC(O)CN1. The number of hydrogen-bond acceptors (Lipinski definition) is 3. The minimum absolute atomic E-state index is 0.00920. The minimum Gasteiger partial charge on any atom is -0.392 e. The maximum Gasteiger partial charge on any atom is 0.237 e. The summed E-state index contributed by atoms with van der Waals surface area (Å²) in [4.78, 5) is 12.2. The van der Waals surface area contributed by atoms with E-state index in [9.17, 15) is 9.90 Å². The van der Waals surface area contributed by atoms with E-state index in [2.05, 4.69) is 50.8 Å². The Morgan fingerprint density at radius 1 is 1.38 bits per heavy atom. The number of halogens is 1. The number of aliphatic hydroxyl groups is 1. The van der Waals surface area contributed by atoms with Crippen LogP contribution in [0.25, 0.3) is 0 Å². The first-order chi connectivity index (χ1) is 10.1. The van der Waals surface area contributed by atoms with E-state index >= 15 is 0 Å². The molecular formula is C16H21BrN2O2. The first-order valence-corrected chi connectivity index (χ1v) is 8.34. The highest BCUT2D eigenvalue weighted by Gasteiger charge is 2.39. The average molecular weight is 353 g/mol. The summed E-state index contributed by atoms with van der Waals surface area (Å²) in [6.07, 6.45) is 3.57. The molecule has 3 N–H and O–H groups in total. The molecule has 1 aromatic carbocycles. The summed E-state index contributed by atoms with van der Waals surface area (Å²) in [6.45, 7) is 1.19. The van der Waals surface area contributed by atoms with Crippen molar-refractivity contribution >= 4 is 21.8 Å². The van der Waals surface area contributed by atoms with Gasteiger partial charge in [0, 0.05) is 23.0 Å². The van der Waals surface area contributed by atoms with Crippen LogP contribution in [0.15, 0.2) is 28.7 Å². The van der Waals surface area contributed by atoms with Crippen molar-refractivity contribution in [2.45, 2.75) is 43.2 Å². The van der Waals surface area contributed by atoms with Crippen molar-refractivity contribution in [3.05, 3.63) is 34.3 Å². The molecule has 2 atom stereocenters. The highest BCUT2D eigenvalue weighted by atomic mass is 79.9. The third kappa shape index (κ3) is 3.15. The summed E-state index contributed by atoms with van der Waals surface area (Å²) < 4.78 is 1.08. The van der Waals surface area contributed by atoms with Gasteiger partial charge in [-0.05, 0) is 37.0 Å². The number of β-amino-alcohol motifs (C(OH)–C–C–N with tert-alkyl or cyclic N) is 1. The Hall–Kier alpha value is -0.910. The van der Waals surface area contributed by atoms with E-state index in [0.29, 0.717) is 19.5 Å². The summed E-state index contributed by atoms with van der Waals surface area (Å²) in [5.74, 6) is 0.00920. The summed E-state index contributed by atoms with van der Waals surface area (Å²) in [6, 6.07) is 8.17. The van der Waals surface area contributed by atoms with Crippen molar-refractivity contribution in [3.8, 4) is 0 Å². The van der Waals surface area contributed by atoms with E-state index in [4.69, 9.17) is 0 Å². The molecule has 2 fully saturated rings. The van der Waals surface area contributed by atoms with Crippen LogP contribution in [0.4, 0.5) is 0 Å². The predicted molar refractivity (Wildman–Crippen MR) is 85.1 cm³/mol. The molecule has 0 bridgehead atoms. The lowest BCUT2D eigenvalue weighted by Gasteiger charge is -2.42. The van der Waals surface area contributed by atoms with E-state index in [-0.39, 0.29) is 17.4 Å². The van der Waals surface area contributed by atoms with Crippen LogP contribution in [0.5, 0.6) is 0 Å². The Balaban J connectivity index is 1.62. The van der Waals surface area contributed by atoms with Gasteiger partial charge in [-0.3, -0.25) is 4.79 Å². The fourth-order valence-corrected chi connectivity index (χ4v) is 3.54. The van der Waals surface area contributed by atoms with Crippen LogP contribution in [0.2, 0.25) is 0 Å². The molecule has 1 saturated heterocycles. The number of nitrogens with one attached hydrogen (secondary N) is 2. The van der Waals surface area contributed by atoms with Crippen molar-refractivity contribution in [1.82, 2.24) is 10.6 Å². The second-order valence-corrected chi connectivity index (χ2v) is 7.12. The topological polar surface area (TPSA) is 61.4 Å². The van der Waals surface area contributed by atoms with Gasteiger partial charge in [-0.15, -0.1) is 0 Å². The Bertz CT molecular complexity index is 514. The van der Waals surface area contributed by atoms with E-state index < -0.39 is 6.10 Å². The van der Waals surface area contributed by atoms with Crippen LogP contribution in [0.1, 0.15) is 31.2 Å². The zero-order valence-corrected chi connectivity index (χ0v) is 13.5. The minimum atomic E-state index is -0.398. The van der Waals surface area contributed by atoms with Gasteiger partial charge in [0.05, 0.1) is 12.1 Å². The largest absolute Gasteiger partial charge is 0.392 e. The Morgan fingerprint density at radius 3 is 2.62 bits per heavy atom. The lowest BCUT2D eigenvalue weighted by Crippen LogP contribution is -2.49. The van der Waals surface area contributed by atoms with E-state index in [0.717, 1.165) is 17.3 Å². The normalized spacial score (nSPS) is 27.1. The van der Waals surface area contributed by atoms with Crippen LogP contribution in [-0.4, -0.2) is 36.2 Å². The fraction of sp³-hybridized carbons (Fsp3) is 0.562. The molecular weight excluding hydrogens is 332 g/mol. The third-order valence-electron chi connectivity index (χ3n) is 4.79. The van der Waals surface area contributed by atoms with E-state index in [1.807, 2.05) is 0 Å². The van der Waals surface area contributed by atoms with Crippen molar-refractivity contribution in [3.63, 3.8) is 0 Å². The van der Waals surface area contributed by atoms with Gasteiger partial charge in [-0.1, -0.05) is 34.5 Å². The maximum atomic E-state index is 12.2. The highest BCUT2D eigenvalue weighted by Crippen LogP contribution is 2.43. The smallest absolute Gasteiger partial charge is 0.237 e. The lowest BCUT2D eigenvalue weighted by atomic mass is 9.64. The summed E-state index contributed by atoms with van der Waals surface area (Å²) >= 11 is 3.46. The molecule has 0 aromatic heterocycles. The van der Waals surface area contributed by atoms with Gasteiger partial charge >= 0.3 is 0 Å². The molecule has 114 valence electrons. The van der Waals surface area contributed by atoms with Crippen molar-refractivity contribution in [1.29, 1.82) is 0 Å². The third-order valence-corrected chi connectivity index (χ3v) is 5.32. The molecule has 5 heteroatoms. The second kappa shape index (κ2) is 6.07. The van der Waals surface area contributed by atoms with Gasteiger partial charge in [-0.2, -0.15) is 0 Å². The van der Waals surface area contributed by atoms with Crippen LogP contribution in [0.3, 0.4) is 0 Å². The summed E-state index contributed by atoms with van der Waals surface area (Å²) in [7, 11) is 0. The van der Waals surface area contributed by atoms with Gasteiger partial charge in [0.1, 0.15) is 0 Å². The zero-order valence-electron chi connectivity index (χ0n) is 11.9. The van der Waals surface area contributed by atoms with Crippen molar-refractivity contribution in [2.75, 3.05) is 13.1 Å². The van der Waals surface area contributed by atoms with Gasteiger partial charge in [-0.25, -0.2) is 0 Å². The molecule has 1 amide bonds. The molecule has 1 heterocycles. The lowest BCUT2D eigenvalue weighted by molar-refractivity contribution is -0.123. The number of aliphatic hydroxyl groups excluding tert-OH is 1. The molecule has 3 rings (SSSR count). The predicted octanol–water partition coefficient (Wildman–Crippen LogP) is 1.71. The zero-order chi connectivity index (χ0) is 14.9. The molecule has 1 saturated carbocycles. The standard InChI is InChI=1S/C16H21BrN2O2/c17-12-4-2-11(3-5-12)16(6-1-7-16)10-19-15(21)14-8-13(20)9-18-14/h2-5,13-14,18,20H,1,6-10H2,(H,19,21). The van der Waals surface area contributed by atoms with Crippen LogP contribution >= 0.6 is 15.9 Å². The monoisotopic (exact) mass is 352 g/mol. The molecule has 21 heavy (non-hydrogen) atoms. The second-order valence-electron chi connectivity index (χ2n) is 6.21. The van der Waals surface area contributed by atoms with Gasteiger partial charge in [0.2, 0.25) is 5.91 Å². The van der Waals surface area contributed by atoms with E-state index in [1.165, 1.54) is 12.0 Å². The molecule has 2 unspecified atom stereocenters. The number of carbonyl (C=O) groups excluding carboxylic acids is 1. The number of hydrogen-bond donors (Lipinski definition) is 3. The quantitative estimate of drug-likeness (QED) is 0.772. The molecule has 0 spiro atoms. The number of benzene rings is 1. The van der Waals surface area contributed by atoms with Crippen LogP contribution in [0, 0.1) is 0 Å². The molecule has 2 aliphatic rings. The molecule has 0 radical (unpaired) electrons. The van der Waals surface area contributed by atoms with Crippen molar-refractivity contribution < 1.29 is 9.90 Å². The van der Waals surface area contributed by atoms with Gasteiger partial charge < -0.3 is 15.7 Å². The van der Waals surface area contributed by atoms with E-state index in [1.54, 1.807) is 0 Å². The Labute approximate surface area is 133 Å². The first kappa shape index (κ1) is 15.0. The average Bonchev–Trinajstić information content (AvgIpc) is 2.86. The van der Waals surface area contributed by atoms with Gasteiger partial charge in [0.15, 0.2) is 0 Å². The summed E-state index contributed by atoms with van der Waals surface area (Å²) in [5.41, 5.74) is 1.39. The molecule has 1 aliphatic carbocycles. The fourth-order valence-electron chi connectivity index (χ4n) is 3.27. The number of carbonyl (C=O) groups is 1. The molecule has 1 aromatic rings. The van der Waals surface area contributed by atoms with Crippen LogP contribution < -0.4 is 10.6 Å². The van der Waals surface area contributed by atoms with Gasteiger partial charge in [0.25, 0.3) is 0 Å². The first-order valence-electron chi connectivity index (χ1n) is 7.54. The molecule has 4 nitrogen and oxygen atoms in total. The summed E-state index contributed by atoms with van der Waals surface area (Å²) in [5, 5.41) is 15.6.